The fourth-order valence-electron chi connectivity index (χ4n) is 2.07. The normalized spacial score (nSPS) is 11.9. The Balaban J connectivity index is 2.20. The van der Waals surface area contributed by atoms with Gasteiger partial charge in [-0.05, 0) is 37.6 Å². The number of hydrogen-bond donors (Lipinski definition) is 2. The summed E-state index contributed by atoms with van der Waals surface area (Å²) in [6.07, 6.45) is 0. The van der Waals surface area contributed by atoms with Crippen molar-refractivity contribution in [2.24, 2.45) is 0 Å². The van der Waals surface area contributed by atoms with Gasteiger partial charge in [0.1, 0.15) is 5.82 Å². The van der Waals surface area contributed by atoms with E-state index >= 15 is 0 Å². The highest BCUT2D eigenvalue weighted by Gasteiger charge is 2.16. The summed E-state index contributed by atoms with van der Waals surface area (Å²) in [6.45, 7) is 3.63. The van der Waals surface area contributed by atoms with E-state index in [1.54, 1.807) is 12.1 Å². The van der Waals surface area contributed by atoms with Crippen LogP contribution in [0.1, 0.15) is 34.5 Å². The topological polar surface area (TPSA) is 55.1 Å². The summed E-state index contributed by atoms with van der Waals surface area (Å²) in [7, 11) is 0. The molecule has 0 aliphatic carbocycles. The van der Waals surface area contributed by atoms with Gasteiger partial charge >= 0.3 is 0 Å². The van der Waals surface area contributed by atoms with Crippen LogP contribution in [0.3, 0.4) is 0 Å². The summed E-state index contributed by atoms with van der Waals surface area (Å²) in [5.74, 6) is -0.969. The molecule has 0 bridgehead atoms. The van der Waals surface area contributed by atoms with Gasteiger partial charge < -0.3 is 11.1 Å². The molecule has 20 heavy (non-hydrogen) atoms. The number of aryl methyl sites for hydroxylation is 1. The maximum atomic E-state index is 13.7. The SMILES string of the molecule is Cc1ccc(F)c(C(=O)NC(C)c2ccccc2N)c1. The highest BCUT2D eigenvalue weighted by Crippen LogP contribution is 2.20. The number of nitrogens with two attached hydrogens (primary N) is 1. The van der Waals surface area contributed by atoms with Gasteiger partial charge in [-0.1, -0.05) is 29.8 Å². The lowest BCUT2D eigenvalue weighted by atomic mass is 10.1. The van der Waals surface area contributed by atoms with Crippen LogP contribution < -0.4 is 11.1 Å². The van der Waals surface area contributed by atoms with E-state index in [2.05, 4.69) is 5.32 Å². The molecule has 0 aromatic heterocycles. The van der Waals surface area contributed by atoms with Gasteiger partial charge in [0.2, 0.25) is 0 Å². The van der Waals surface area contributed by atoms with E-state index < -0.39 is 11.7 Å². The van der Waals surface area contributed by atoms with Crippen LogP contribution in [0.25, 0.3) is 0 Å². The molecule has 0 radical (unpaired) electrons. The zero-order chi connectivity index (χ0) is 14.7. The number of nitrogens with one attached hydrogen (secondary N) is 1. The Morgan fingerprint density at radius 2 is 1.95 bits per heavy atom. The first-order chi connectivity index (χ1) is 9.49. The highest BCUT2D eigenvalue weighted by atomic mass is 19.1. The maximum absolute atomic E-state index is 13.7. The van der Waals surface area contributed by atoms with Crippen molar-refractivity contribution in [3.8, 4) is 0 Å². The average Bonchev–Trinajstić information content (AvgIpc) is 2.41. The highest BCUT2D eigenvalue weighted by molar-refractivity contribution is 5.95. The summed E-state index contributed by atoms with van der Waals surface area (Å²) in [4.78, 5) is 12.1. The fourth-order valence-corrected chi connectivity index (χ4v) is 2.07. The molecule has 0 spiro atoms. The number of amides is 1. The predicted molar refractivity (Wildman–Crippen MR) is 77.9 cm³/mol. The van der Waals surface area contributed by atoms with Crippen LogP contribution in [-0.4, -0.2) is 5.91 Å². The Morgan fingerprint density at radius 3 is 2.65 bits per heavy atom. The molecule has 0 saturated carbocycles. The van der Waals surface area contributed by atoms with Gasteiger partial charge in [-0.25, -0.2) is 4.39 Å². The quantitative estimate of drug-likeness (QED) is 0.843. The number of benzene rings is 2. The monoisotopic (exact) mass is 272 g/mol. The second-order valence-corrected chi connectivity index (χ2v) is 4.81. The van der Waals surface area contributed by atoms with E-state index in [4.69, 9.17) is 5.73 Å². The van der Waals surface area contributed by atoms with Crippen LogP contribution >= 0.6 is 0 Å². The molecular formula is C16H17FN2O. The first kappa shape index (κ1) is 14.1. The number of hydrogen-bond acceptors (Lipinski definition) is 2. The van der Waals surface area contributed by atoms with Crippen molar-refractivity contribution in [3.05, 3.63) is 65.0 Å². The van der Waals surface area contributed by atoms with E-state index in [0.29, 0.717) is 5.69 Å². The maximum Gasteiger partial charge on any atom is 0.254 e. The van der Waals surface area contributed by atoms with Gasteiger partial charge in [-0.15, -0.1) is 0 Å². The van der Waals surface area contributed by atoms with E-state index in [1.807, 2.05) is 32.0 Å². The predicted octanol–water partition coefficient (Wildman–Crippen LogP) is 3.21. The van der Waals surface area contributed by atoms with Gasteiger partial charge in [-0.2, -0.15) is 0 Å². The summed E-state index contributed by atoms with van der Waals surface area (Å²) in [5.41, 5.74) is 8.16. The lowest BCUT2D eigenvalue weighted by Gasteiger charge is -2.16. The fraction of sp³-hybridized carbons (Fsp3) is 0.188. The van der Waals surface area contributed by atoms with Gasteiger partial charge in [0.05, 0.1) is 11.6 Å². The number of para-hydroxylation sites is 1. The zero-order valence-corrected chi connectivity index (χ0v) is 11.5. The van der Waals surface area contributed by atoms with Crippen molar-refractivity contribution in [1.82, 2.24) is 5.32 Å². The molecule has 2 aromatic carbocycles. The van der Waals surface area contributed by atoms with E-state index in [9.17, 15) is 9.18 Å². The van der Waals surface area contributed by atoms with Crippen LogP contribution in [0.4, 0.5) is 10.1 Å². The third-order valence-corrected chi connectivity index (χ3v) is 3.18. The number of halogens is 1. The molecule has 0 heterocycles. The molecule has 4 heteroatoms. The Bertz CT molecular complexity index is 640. The summed E-state index contributed by atoms with van der Waals surface area (Å²) < 4.78 is 13.7. The summed E-state index contributed by atoms with van der Waals surface area (Å²) in [6, 6.07) is 11.5. The minimum Gasteiger partial charge on any atom is -0.398 e. The van der Waals surface area contributed by atoms with Crippen LogP contribution in [-0.2, 0) is 0 Å². The number of carbonyl (C=O) groups is 1. The molecule has 0 saturated heterocycles. The molecule has 3 nitrogen and oxygen atoms in total. The number of rotatable bonds is 3. The lowest BCUT2D eigenvalue weighted by Crippen LogP contribution is -2.28. The third-order valence-electron chi connectivity index (χ3n) is 3.18. The first-order valence-electron chi connectivity index (χ1n) is 6.40. The Hall–Kier alpha value is -2.36. The van der Waals surface area contributed by atoms with E-state index in [-0.39, 0.29) is 11.6 Å². The van der Waals surface area contributed by atoms with Crippen LogP contribution in [0, 0.1) is 12.7 Å². The standard InChI is InChI=1S/C16H17FN2O/c1-10-7-8-14(17)13(9-10)16(20)19-11(2)12-5-3-4-6-15(12)18/h3-9,11H,18H2,1-2H3,(H,19,20). The minimum atomic E-state index is -0.527. The molecule has 3 N–H and O–H groups in total. The molecule has 1 amide bonds. The van der Waals surface area contributed by atoms with E-state index in [0.717, 1.165) is 11.1 Å². The minimum absolute atomic E-state index is 0.0475. The molecule has 104 valence electrons. The van der Waals surface area contributed by atoms with Gasteiger partial charge in [0.15, 0.2) is 0 Å². The zero-order valence-electron chi connectivity index (χ0n) is 11.5. The van der Waals surface area contributed by atoms with Crippen LogP contribution in [0.2, 0.25) is 0 Å². The van der Waals surface area contributed by atoms with Crippen molar-refractivity contribution in [2.75, 3.05) is 5.73 Å². The number of anilines is 1. The Kier molecular flexibility index (Phi) is 4.03. The van der Waals surface area contributed by atoms with Gasteiger partial charge in [0, 0.05) is 5.69 Å². The third kappa shape index (κ3) is 2.96. The van der Waals surface area contributed by atoms with Crippen molar-refractivity contribution in [1.29, 1.82) is 0 Å². The molecule has 2 aromatic rings. The molecular weight excluding hydrogens is 255 g/mol. The molecule has 0 fully saturated rings. The summed E-state index contributed by atoms with van der Waals surface area (Å²) in [5, 5.41) is 2.76. The number of carbonyl (C=O) groups excluding carboxylic acids is 1. The van der Waals surface area contributed by atoms with Crippen LogP contribution in [0.5, 0.6) is 0 Å². The molecule has 1 unspecified atom stereocenters. The van der Waals surface area contributed by atoms with Crippen molar-refractivity contribution < 1.29 is 9.18 Å². The van der Waals surface area contributed by atoms with Crippen LogP contribution in [0.15, 0.2) is 42.5 Å². The Labute approximate surface area is 117 Å². The Morgan fingerprint density at radius 1 is 1.25 bits per heavy atom. The average molecular weight is 272 g/mol. The molecule has 1 atom stereocenters. The molecule has 2 rings (SSSR count). The smallest absolute Gasteiger partial charge is 0.254 e. The van der Waals surface area contributed by atoms with Crippen molar-refractivity contribution in [3.63, 3.8) is 0 Å². The number of nitrogen functional groups attached to an aromatic ring is 1. The van der Waals surface area contributed by atoms with Gasteiger partial charge in [-0.3, -0.25) is 4.79 Å². The first-order valence-corrected chi connectivity index (χ1v) is 6.40. The second-order valence-electron chi connectivity index (χ2n) is 4.81. The summed E-state index contributed by atoms with van der Waals surface area (Å²) >= 11 is 0. The van der Waals surface area contributed by atoms with E-state index in [1.165, 1.54) is 12.1 Å². The second kappa shape index (κ2) is 5.74. The van der Waals surface area contributed by atoms with Crippen molar-refractivity contribution in [2.45, 2.75) is 19.9 Å². The largest absolute Gasteiger partial charge is 0.398 e. The van der Waals surface area contributed by atoms with Gasteiger partial charge in [0.25, 0.3) is 5.91 Å². The molecule has 0 aliphatic heterocycles. The molecule has 0 aliphatic rings. The lowest BCUT2D eigenvalue weighted by molar-refractivity contribution is 0.0936. The van der Waals surface area contributed by atoms with Crippen molar-refractivity contribution >= 4 is 11.6 Å².